The van der Waals surface area contributed by atoms with Crippen LogP contribution in [0.1, 0.15) is 1.43 Å². The average molecular weight is 106 g/mol. The minimum absolute atomic E-state index is 0. The maximum atomic E-state index is 8.42. The predicted octanol–water partition coefficient (Wildman–Crippen LogP) is -9.83. The van der Waals surface area contributed by atoms with E-state index in [-0.39, 0.29) is 71.7 Å². The van der Waals surface area contributed by atoms with E-state index in [0.717, 1.165) is 0 Å². The minimum Gasteiger partial charge on any atom is -0.907 e. The number of hydrogen-bond acceptors (Lipinski definition) is 3. The van der Waals surface area contributed by atoms with Crippen molar-refractivity contribution in [3.05, 3.63) is 0 Å². The predicted molar refractivity (Wildman–Crippen MR) is 6.87 cm³/mol. The Morgan fingerprint density at radius 1 is 1.17 bits per heavy atom. The Morgan fingerprint density at radius 3 is 1.17 bits per heavy atom. The maximum Gasteiger partial charge on any atom is 1.00 e. The van der Waals surface area contributed by atoms with Crippen molar-refractivity contribution in [3.8, 4) is 0 Å². The van der Waals surface area contributed by atoms with Crippen LogP contribution in [0, 0.1) is 0 Å². The van der Waals surface area contributed by atoms with Gasteiger partial charge in [0.2, 0.25) is 0 Å². The molecule has 0 fully saturated rings. The standard InChI is InChI=1S/BO3.K.Li/c2-1(3)4;;/q-3;2*+1/p+1. The van der Waals surface area contributed by atoms with Crippen LogP contribution in [0.25, 0.3) is 0 Å². The van der Waals surface area contributed by atoms with Gasteiger partial charge in [-0.3, -0.25) is 7.32 Å². The zero-order valence-electron chi connectivity index (χ0n) is 4.80. The Kier molecular flexibility index (Phi) is 26.8. The SMILES string of the molecule is [H+].[K+].[Li+].[O-]B([O-])[O-]. The molecule has 24 valence electrons. The van der Waals surface area contributed by atoms with Crippen molar-refractivity contribution < 1.29 is 86.7 Å². The normalized spacial score (nSPS) is 4.50. The third-order valence-corrected chi connectivity index (χ3v) is 0. The van der Waals surface area contributed by atoms with E-state index in [2.05, 4.69) is 0 Å². The minimum atomic E-state index is -2.92. The molecule has 0 bridgehead atoms. The van der Waals surface area contributed by atoms with E-state index in [1.807, 2.05) is 0 Å². The quantitative estimate of drug-likeness (QED) is 0.288. The Bertz CT molecular complexity index is 19.7. The van der Waals surface area contributed by atoms with Gasteiger partial charge in [0.05, 0.1) is 0 Å². The summed E-state index contributed by atoms with van der Waals surface area (Å²) in [6, 6.07) is 0. The van der Waals surface area contributed by atoms with E-state index >= 15 is 0 Å². The van der Waals surface area contributed by atoms with Crippen LogP contribution in [-0.2, 0) is 0 Å². The number of hydrogen-bond donors (Lipinski definition) is 0. The molecule has 3 nitrogen and oxygen atoms in total. The molecular formula is HBKLiO3. The third-order valence-electron chi connectivity index (χ3n) is 0. The summed E-state index contributed by atoms with van der Waals surface area (Å²) in [6.07, 6.45) is 0. The second-order valence-corrected chi connectivity index (χ2v) is 0.289. The molecular weight excluding hydrogens is 105 g/mol. The van der Waals surface area contributed by atoms with Gasteiger partial charge < -0.3 is 15.1 Å². The van der Waals surface area contributed by atoms with Gasteiger partial charge in [-0.2, -0.15) is 0 Å². The van der Waals surface area contributed by atoms with Crippen molar-refractivity contribution in [2.24, 2.45) is 0 Å². The second-order valence-electron chi connectivity index (χ2n) is 0.289. The summed E-state index contributed by atoms with van der Waals surface area (Å²) in [5, 5.41) is 25.2. The van der Waals surface area contributed by atoms with Crippen LogP contribution in [0.2, 0.25) is 0 Å². The van der Waals surface area contributed by atoms with E-state index in [4.69, 9.17) is 15.1 Å². The zero-order valence-corrected chi connectivity index (χ0v) is 6.93. The molecule has 0 radical (unpaired) electrons. The van der Waals surface area contributed by atoms with E-state index < -0.39 is 7.32 Å². The summed E-state index contributed by atoms with van der Waals surface area (Å²) in [4.78, 5) is 0. The Morgan fingerprint density at radius 2 is 1.17 bits per heavy atom. The summed E-state index contributed by atoms with van der Waals surface area (Å²) >= 11 is 0. The van der Waals surface area contributed by atoms with Gasteiger partial charge in [0, 0.05) is 0 Å². The van der Waals surface area contributed by atoms with Gasteiger partial charge in [0.1, 0.15) is 0 Å². The van der Waals surface area contributed by atoms with Gasteiger partial charge in [0.25, 0.3) is 0 Å². The van der Waals surface area contributed by atoms with E-state index in [0.29, 0.717) is 0 Å². The van der Waals surface area contributed by atoms with Crippen molar-refractivity contribution in [1.82, 2.24) is 0 Å². The molecule has 0 saturated heterocycles. The van der Waals surface area contributed by atoms with Crippen LogP contribution in [0.5, 0.6) is 0 Å². The first-order valence-electron chi connectivity index (χ1n) is 0.707. The topological polar surface area (TPSA) is 69.2 Å². The molecule has 0 heterocycles. The molecule has 0 rings (SSSR count). The van der Waals surface area contributed by atoms with Crippen molar-refractivity contribution in [1.29, 1.82) is 0 Å². The van der Waals surface area contributed by atoms with Gasteiger partial charge in [-0.25, -0.2) is 0 Å². The van der Waals surface area contributed by atoms with E-state index in [1.54, 1.807) is 0 Å². The molecule has 0 aromatic rings. The molecule has 0 spiro atoms. The molecule has 0 unspecified atom stereocenters. The molecule has 0 aliphatic rings. The summed E-state index contributed by atoms with van der Waals surface area (Å²) < 4.78 is 0. The Labute approximate surface area is 92.4 Å². The molecule has 0 aliphatic carbocycles. The average Bonchev–Trinajstić information content (AvgIpc) is 0.811. The van der Waals surface area contributed by atoms with Gasteiger partial charge >= 0.3 is 71.7 Å². The van der Waals surface area contributed by atoms with Crippen LogP contribution in [0.3, 0.4) is 0 Å². The largest absolute Gasteiger partial charge is 1.00 e. The van der Waals surface area contributed by atoms with Gasteiger partial charge in [-0.15, -0.1) is 0 Å². The van der Waals surface area contributed by atoms with Crippen molar-refractivity contribution in [2.75, 3.05) is 0 Å². The molecule has 0 saturated carbocycles. The van der Waals surface area contributed by atoms with E-state index in [9.17, 15) is 0 Å². The third kappa shape index (κ3) is 34.9. The molecule has 6 heteroatoms. The van der Waals surface area contributed by atoms with Crippen molar-refractivity contribution >= 4 is 7.32 Å². The Balaban J connectivity index is -0.0000000150. The molecule has 0 N–H and O–H groups in total. The first-order valence-corrected chi connectivity index (χ1v) is 0.707. The zero-order chi connectivity index (χ0) is 3.58. The summed E-state index contributed by atoms with van der Waals surface area (Å²) in [5.74, 6) is 0. The molecule has 6 heavy (non-hydrogen) atoms. The summed E-state index contributed by atoms with van der Waals surface area (Å²) in [7, 11) is -2.92. The second kappa shape index (κ2) is 10.2. The van der Waals surface area contributed by atoms with Gasteiger partial charge in [-0.05, 0) is 0 Å². The van der Waals surface area contributed by atoms with Crippen LogP contribution >= 0.6 is 0 Å². The smallest absolute Gasteiger partial charge is 0.907 e. The first kappa shape index (κ1) is 15.7. The summed E-state index contributed by atoms with van der Waals surface area (Å²) in [6.45, 7) is 0. The van der Waals surface area contributed by atoms with Crippen molar-refractivity contribution in [3.63, 3.8) is 0 Å². The van der Waals surface area contributed by atoms with Crippen LogP contribution in [0.15, 0.2) is 0 Å². The van der Waals surface area contributed by atoms with E-state index in [1.165, 1.54) is 0 Å². The van der Waals surface area contributed by atoms with Crippen LogP contribution < -0.4 is 85.3 Å². The summed E-state index contributed by atoms with van der Waals surface area (Å²) in [5.41, 5.74) is 0. The molecule has 0 aromatic heterocycles. The fourth-order valence-electron chi connectivity index (χ4n) is 0. The monoisotopic (exact) mass is 106 g/mol. The number of rotatable bonds is 0. The fraction of sp³-hybridized carbons (Fsp3) is 0. The van der Waals surface area contributed by atoms with Crippen LogP contribution in [-0.4, -0.2) is 7.32 Å². The van der Waals surface area contributed by atoms with Gasteiger partial charge in [-0.1, -0.05) is 0 Å². The van der Waals surface area contributed by atoms with Gasteiger partial charge in [0.15, 0.2) is 0 Å². The molecule has 0 amide bonds. The fourth-order valence-corrected chi connectivity index (χ4v) is 0. The first-order chi connectivity index (χ1) is 1.73. The maximum absolute atomic E-state index is 8.42. The molecule has 0 aromatic carbocycles. The molecule has 0 atom stereocenters. The molecule has 0 aliphatic heterocycles. The van der Waals surface area contributed by atoms with Crippen LogP contribution in [0.4, 0.5) is 0 Å². The van der Waals surface area contributed by atoms with Crippen molar-refractivity contribution in [2.45, 2.75) is 0 Å². The Hall–Kier alpha value is 2.18.